The van der Waals surface area contributed by atoms with Crippen LogP contribution in [0.4, 0.5) is 0 Å². The molecule has 1 saturated heterocycles. The van der Waals surface area contributed by atoms with Crippen LogP contribution in [0, 0.1) is 10.1 Å². The highest BCUT2D eigenvalue weighted by Crippen LogP contribution is 2.10. The van der Waals surface area contributed by atoms with Crippen molar-refractivity contribution in [2.45, 2.75) is 19.3 Å². The normalized spacial score (nSPS) is 20.5. The van der Waals surface area contributed by atoms with Crippen molar-refractivity contribution in [1.29, 1.82) is 0 Å². The second-order valence-electron chi connectivity index (χ2n) is 2.35. The molecule has 0 aromatic heterocycles. The Labute approximate surface area is 59.1 Å². The fourth-order valence-corrected chi connectivity index (χ4v) is 1.10. The molecular weight excluding hydrogens is 134 g/mol. The van der Waals surface area contributed by atoms with Crippen molar-refractivity contribution < 1.29 is 0 Å². The molecule has 0 N–H and O–H groups in total. The summed E-state index contributed by atoms with van der Waals surface area (Å²) in [7, 11) is 0. The third-order valence-corrected chi connectivity index (χ3v) is 1.64. The number of hydrazine groups is 1. The van der Waals surface area contributed by atoms with Crippen LogP contribution in [-0.2, 0) is 0 Å². The van der Waals surface area contributed by atoms with Gasteiger partial charge in [0.1, 0.15) is 0 Å². The highest BCUT2D eigenvalue weighted by atomic mass is 16.6. The Morgan fingerprint density at radius 1 is 1.30 bits per heavy atom. The number of rotatable bonds is 2. The number of hydrogen-bond donors (Lipinski definition) is 0. The molecule has 0 saturated carbocycles. The van der Waals surface area contributed by atoms with Crippen molar-refractivity contribution in [3.63, 3.8) is 0 Å². The number of piperidine rings is 1. The summed E-state index contributed by atoms with van der Waals surface area (Å²) in [6, 6.07) is 0. The molecule has 5 nitrogen and oxygen atoms in total. The van der Waals surface area contributed by atoms with Crippen LogP contribution < -0.4 is 0 Å². The molecule has 5 heteroatoms. The Balaban J connectivity index is 2.30. The molecule has 0 aliphatic carbocycles. The largest absolute Gasteiger partial charge is 0.724 e. The van der Waals surface area contributed by atoms with Crippen LogP contribution in [-0.4, -0.2) is 23.4 Å². The van der Waals surface area contributed by atoms with Gasteiger partial charge in [0.15, 0.2) is 0 Å². The van der Waals surface area contributed by atoms with Crippen LogP contribution in [0.25, 0.3) is 0 Å². The summed E-state index contributed by atoms with van der Waals surface area (Å²) in [5.41, 5.74) is 0. The van der Waals surface area contributed by atoms with Crippen molar-refractivity contribution >= 4 is 0 Å². The van der Waals surface area contributed by atoms with Gasteiger partial charge in [0.25, 0.3) is 0 Å². The van der Waals surface area contributed by atoms with E-state index in [9.17, 15) is 10.1 Å². The lowest BCUT2D eigenvalue weighted by Gasteiger charge is -2.36. The Morgan fingerprint density at radius 3 is 2.40 bits per heavy atom. The molecule has 1 fully saturated rings. The molecule has 1 heterocycles. The highest BCUT2D eigenvalue weighted by molar-refractivity contribution is 4.61. The van der Waals surface area contributed by atoms with Gasteiger partial charge in [-0.25, -0.2) is 5.01 Å². The Bertz CT molecular complexity index is 113. The van der Waals surface area contributed by atoms with E-state index in [1.54, 1.807) is 0 Å². The molecule has 58 valence electrons. The first-order chi connectivity index (χ1) is 4.84. The van der Waals surface area contributed by atoms with Crippen molar-refractivity contribution in [3.8, 4) is 0 Å². The number of nitrogens with zero attached hydrogens (tertiary/aromatic N) is 3. The molecule has 1 rings (SSSR count). The summed E-state index contributed by atoms with van der Waals surface area (Å²) in [6.07, 6.45) is 3.10. The first-order valence-electron chi connectivity index (χ1n) is 3.40. The van der Waals surface area contributed by atoms with Crippen molar-refractivity contribution in [1.82, 2.24) is 10.3 Å². The average molecular weight is 144 g/mol. The van der Waals surface area contributed by atoms with Crippen molar-refractivity contribution in [2.75, 3.05) is 13.1 Å². The molecule has 0 unspecified atom stereocenters. The van der Waals surface area contributed by atoms with Gasteiger partial charge in [-0.2, -0.15) is 0 Å². The standard InChI is InChI=1S/C5H10N3O2/c9-6-8(10)7-4-2-1-3-5-7/h1-5H2/q-1. The molecule has 0 radical (unpaired) electrons. The smallest absolute Gasteiger partial charge is 0.0579 e. The lowest BCUT2D eigenvalue weighted by Crippen LogP contribution is -2.38. The number of nitroso groups, excluding NO2 is 1. The third kappa shape index (κ3) is 1.65. The SMILES string of the molecule is O=NN([O-])N1CCCCC1. The molecule has 1 aliphatic heterocycles. The maximum atomic E-state index is 10.5. The Kier molecular flexibility index (Phi) is 2.58. The van der Waals surface area contributed by atoms with Crippen LogP contribution in [0.2, 0.25) is 0 Å². The zero-order chi connectivity index (χ0) is 7.40. The second kappa shape index (κ2) is 3.48. The van der Waals surface area contributed by atoms with E-state index in [1.807, 2.05) is 0 Å². The summed E-state index contributed by atoms with van der Waals surface area (Å²) < 4.78 is 0. The van der Waals surface area contributed by atoms with Gasteiger partial charge in [0.05, 0.1) is 5.29 Å². The van der Waals surface area contributed by atoms with Gasteiger partial charge in [-0.3, -0.25) is 5.28 Å². The predicted octanol–water partition coefficient (Wildman–Crippen LogP) is 0.869. The van der Waals surface area contributed by atoms with Gasteiger partial charge in [-0.1, -0.05) is 6.42 Å². The molecule has 0 amide bonds. The minimum absolute atomic E-state index is 0.138. The first kappa shape index (κ1) is 7.43. The fraction of sp³-hybridized carbons (Fsp3) is 1.00. The van der Waals surface area contributed by atoms with Crippen LogP contribution in [0.5, 0.6) is 0 Å². The molecule has 0 bridgehead atoms. The van der Waals surface area contributed by atoms with E-state index in [0.717, 1.165) is 19.3 Å². The van der Waals surface area contributed by atoms with E-state index < -0.39 is 0 Å². The lowest BCUT2D eigenvalue weighted by molar-refractivity contribution is 0.00459. The fourth-order valence-electron chi connectivity index (χ4n) is 1.10. The van der Waals surface area contributed by atoms with Gasteiger partial charge < -0.3 is 5.21 Å². The van der Waals surface area contributed by atoms with Crippen molar-refractivity contribution in [2.24, 2.45) is 5.29 Å². The summed E-state index contributed by atoms with van der Waals surface area (Å²) in [6.45, 7) is 1.32. The lowest BCUT2D eigenvalue weighted by atomic mass is 10.2. The highest BCUT2D eigenvalue weighted by Gasteiger charge is 2.10. The summed E-state index contributed by atoms with van der Waals surface area (Å²) in [4.78, 5) is 9.73. The molecule has 0 spiro atoms. The Morgan fingerprint density at radius 2 is 1.90 bits per heavy atom. The van der Waals surface area contributed by atoms with E-state index in [0.29, 0.717) is 13.1 Å². The zero-order valence-electron chi connectivity index (χ0n) is 5.69. The maximum absolute atomic E-state index is 10.5. The second-order valence-corrected chi connectivity index (χ2v) is 2.35. The Hall–Kier alpha value is -0.680. The van der Waals surface area contributed by atoms with Crippen LogP contribution in [0.15, 0.2) is 5.29 Å². The van der Waals surface area contributed by atoms with E-state index in [2.05, 4.69) is 5.29 Å². The third-order valence-electron chi connectivity index (χ3n) is 1.64. The molecule has 0 atom stereocenters. The van der Waals surface area contributed by atoms with Gasteiger partial charge in [-0.15, -0.1) is 4.91 Å². The zero-order valence-corrected chi connectivity index (χ0v) is 5.69. The van der Waals surface area contributed by atoms with Gasteiger partial charge in [0.2, 0.25) is 0 Å². The summed E-state index contributed by atoms with van der Waals surface area (Å²) >= 11 is 0. The van der Waals surface area contributed by atoms with Gasteiger partial charge in [0, 0.05) is 13.1 Å². The average Bonchev–Trinajstić information content (AvgIpc) is 2.05. The molecule has 0 aromatic rings. The van der Waals surface area contributed by atoms with Crippen LogP contribution in [0.3, 0.4) is 0 Å². The first-order valence-corrected chi connectivity index (χ1v) is 3.40. The molecular formula is C5H10N3O2-. The van der Waals surface area contributed by atoms with Crippen LogP contribution >= 0.6 is 0 Å². The maximum Gasteiger partial charge on any atom is 0.0579 e. The topological polar surface area (TPSA) is 59.0 Å². The number of hydrogen-bond acceptors (Lipinski definition) is 4. The predicted molar refractivity (Wildman–Crippen MR) is 36.4 cm³/mol. The van der Waals surface area contributed by atoms with E-state index in [-0.39, 0.29) is 5.28 Å². The minimum atomic E-state index is 0.138. The summed E-state index contributed by atoms with van der Waals surface area (Å²) in [5, 5.41) is 14.3. The van der Waals surface area contributed by atoms with Gasteiger partial charge in [-0.05, 0) is 12.8 Å². The van der Waals surface area contributed by atoms with E-state index in [1.165, 1.54) is 5.01 Å². The van der Waals surface area contributed by atoms with Gasteiger partial charge >= 0.3 is 0 Å². The summed E-state index contributed by atoms with van der Waals surface area (Å²) in [5.74, 6) is 0. The monoisotopic (exact) mass is 144 g/mol. The molecule has 0 aromatic carbocycles. The van der Waals surface area contributed by atoms with Crippen molar-refractivity contribution in [3.05, 3.63) is 10.1 Å². The molecule has 1 aliphatic rings. The molecule has 10 heavy (non-hydrogen) atoms. The quantitative estimate of drug-likeness (QED) is 0.426. The van der Waals surface area contributed by atoms with E-state index in [4.69, 9.17) is 0 Å². The van der Waals surface area contributed by atoms with E-state index >= 15 is 0 Å². The van der Waals surface area contributed by atoms with Crippen LogP contribution in [0.1, 0.15) is 19.3 Å². The minimum Gasteiger partial charge on any atom is -0.724 e.